The Balaban J connectivity index is 1.94. The number of amides is 1. The van der Waals surface area contributed by atoms with Gasteiger partial charge >= 0.3 is 6.09 Å². The van der Waals surface area contributed by atoms with Crippen LogP contribution in [0.3, 0.4) is 0 Å². The molecule has 138 valence electrons. The van der Waals surface area contributed by atoms with Gasteiger partial charge in [-0.25, -0.2) is 9.78 Å². The number of carbonyl (C=O) groups excluding carboxylic acids is 1. The first-order valence-electron chi connectivity index (χ1n) is 8.79. The van der Waals surface area contributed by atoms with Crippen molar-refractivity contribution in [2.45, 2.75) is 52.7 Å². The first-order valence-corrected chi connectivity index (χ1v) is 8.79. The molecular formula is C21H26N2O3. The summed E-state index contributed by atoms with van der Waals surface area (Å²) in [6.07, 6.45) is 1.52. The van der Waals surface area contributed by atoms with E-state index in [0.717, 1.165) is 23.1 Å². The van der Waals surface area contributed by atoms with Crippen molar-refractivity contribution in [1.82, 2.24) is 4.98 Å². The highest BCUT2D eigenvalue weighted by Crippen LogP contribution is 2.48. The molecule has 0 saturated heterocycles. The number of pyridine rings is 1. The summed E-state index contributed by atoms with van der Waals surface area (Å²) in [6.45, 7) is 10.2. The number of primary amides is 1. The molecule has 1 aromatic carbocycles. The van der Waals surface area contributed by atoms with E-state index in [1.165, 1.54) is 5.56 Å². The highest BCUT2D eigenvalue weighted by Gasteiger charge is 2.41. The highest BCUT2D eigenvalue weighted by atomic mass is 16.6. The molecule has 1 aromatic heterocycles. The van der Waals surface area contributed by atoms with Gasteiger partial charge in [-0.1, -0.05) is 32.0 Å². The third-order valence-corrected chi connectivity index (χ3v) is 4.49. The van der Waals surface area contributed by atoms with Crippen molar-refractivity contribution in [3.8, 4) is 17.0 Å². The zero-order valence-electron chi connectivity index (χ0n) is 16.0. The van der Waals surface area contributed by atoms with Gasteiger partial charge in [-0.2, -0.15) is 0 Å². The molecule has 1 unspecified atom stereocenters. The van der Waals surface area contributed by atoms with Crippen LogP contribution in [0.1, 0.15) is 51.8 Å². The van der Waals surface area contributed by atoms with Crippen molar-refractivity contribution in [2.24, 2.45) is 11.1 Å². The fourth-order valence-corrected chi connectivity index (χ4v) is 3.50. The highest BCUT2D eigenvalue weighted by molar-refractivity contribution is 5.68. The van der Waals surface area contributed by atoms with E-state index in [-0.39, 0.29) is 17.1 Å². The molecule has 3 rings (SSSR count). The molecule has 26 heavy (non-hydrogen) atoms. The van der Waals surface area contributed by atoms with Gasteiger partial charge < -0.3 is 15.2 Å². The smallest absolute Gasteiger partial charge is 0.405 e. The zero-order chi connectivity index (χ0) is 19.1. The Hall–Kier alpha value is -2.56. The Kier molecular flexibility index (Phi) is 4.42. The third kappa shape index (κ3) is 3.82. The minimum Gasteiger partial charge on any atom is -0.472 e. The van der Waals surface area contributed by atoms with E-state index >= 15 is 0 Å². The summed E-state index contributed by atoms with van der Waals surface area (Å²) in [5.74, 6) is 0.603. The number of rotatable bonds is 3. The van der Waals surface area contributed by atoms with E-state index in [1.807, 2.05) is 45.0 Å². The SMILES string of the molecule is CC(C)(C)Oc1cc(-c2ccc3c(c2)CC(C)(C)C3OC(N)=O)ccn1. The van der Waals surface area contributed by atoms with Crippen molar-refractivity contribution in [3.63, 3.8) is 0 Å². The van der Waals surface area contributed by atoms with Gasteiger partial charge in [0.2, 0.25) is 5.88 Å². The fourth-order valence-electron chi connectivity index (χ4n) is 3.50. The summed E-state index contributed by atoms with van der Waals surface area (Å²) < 4.78 is 11.2. The molecule has 0 radical (unpaired) electrons. The number of nitrogens with zero attached hydrogens (tertiary/aromatic N) is 1. The van der Waals surface area contributed by atoms with Gasteiger partial charge in [0.15, 0.2) is 0 Å². The molecule has 0 aliphatic heterocycles. The molecule has 1 atom stereocenters. The molecule has 1 aliphatic carbocycles. The largest absolute Gasteiger partial charge is 0.472 e. The molecule has 0 bridgehead atoms. The van der Waals surface area contributed by atoms with Gasteiger partial charge in [0.25, 0.3) is 0 Å². The van der Waals surface area contributed by atoms with Gasteiger partial charge in [-0.15, -0.1) is 0 Å². The lowest BCUT2D eigenvalue weighted by Gasteiger charge is -2.26. The Labute approximate surface area is 154 Å². The molecule has 1 heterocycles. The van der Waals surface area contributed by atoms with Crippen LogP contribution in [0, 0.1) is 5.41 Å². The van der Waals surface area contributed by atoms with Gasteiger partial charge in [-0.3, -0.25) is 0 Å². The Morgan fingerprint density at radius 3 is 2.54 bits per heavy atom. The van der Waals surface area contributed by atoms with Crippen LogP contribution in [0.5, 0.6) is 5.88 Å². The maximum atomic E-state index is 11.3. The van der Waals surface area contributed by atoms with E-state index in [2.05, 4.69) is 24.9 Å². The summed E-state index contributed by atoms with van der Waals surface area (Å²) in [6, 6.07) is 10.1. The zero-order valence-corrected chi connectivity index (χ0v) is 16.0. The van der Waals surface area contributed by atoms with E-state index in [9.17, 15) is 4.79 Å². The first-order chi connectivity index (χ1) is 12.0. The summed E-state index contributed by atoms with van der Waals surface area (Å²) in [4.78, 5) is 15.6. The maximum Gasteiger partial charge on any atom is 0.405 e. The van der Waals surface area contributed by atoms with Crippen molar-refractivity contribution in [2.75, 3.05) is 0 Å². The average molecular weight is 354 g/mol. The standard InChI is InChI=1S/C21H26N2O3/c1-20(2,3)26-17-11-14(8-9-23-17)13-6-7-16-15(10-13)12-21(4,5)18(16)25-19(22)24/h6-11,18H,12H2,1-5H3,(H2,22,24). The quantitative estimate of drug-likeness (QED) is 0.871. The van der Waals surface area contributed by atoms with Crippen LogP contribution in [0.25, 0.3) is 11.1 Å². The molecule has 1 aliphatic rings. The number of hydrogen-bond acceptors (Lipinski definition) is 4. The predicted molar refractivity (Wildman–Crippen MR) is 101 cm³/mol. The Morgan fingerprint density at radius 1 is 1.19 bits per heavy atom. The normalized spacial score (nSPS) is 18.3. The molecule has 0 fully saturated rings. The maximum absolute atomic E-state index is 11.3. The number of benzene rings is 1. The summed E-state index contributed by atoms with van der Waals surface area (Å²) in [5, 5.41) is 0. The second kappa shape index (κ2) is 6.31. The first kappa shape index (κ1) is 18.2. The summed E-state index contributed by atoms with van der Waals surface area (Å²) in [7, 11) is 0. The lowest BCUT2D eigenvalue weighted by Crippen LogP contribution is -2.25. The van der Waals surface area contributed by atoms with Gasteiger partial charge in [0.1, 0.15) is 11.7 Å². The number of ether oxygens (including phenoxy) is 2. The minimum atomic E-state index is -0.738. The van der Waals surface area contributed by atoms with Crippen LogP contribution in [0.2, 0.25) is 0 Å². The topological polar surface area (TPSA) is 74.4 Å². The second-order valence-corrected chi connectivity index (χ2v) is 8.49. The van der Waals surface area contributed by atoms with Crippen molar-refractivity contribution < 1.29 is 14.3 Å². The van der Waals surface area contributed by atoms with E-state index in [4.69, 9.17) is 15.2 Å². The fraction of sp³-hybridized carbons (Fsp3) is 0.429. The molecule has 5 heteroatoms. The number of nitrogens with two attached hydrogens (primary N) is 1. The predicted octanol–water partition coefficient (Wildman–Crippen LogP) is 4.64. The van der Waals surface area contributed by atoms with Crippen molar-refractivity contribution in [1.29, 1.82) is 0 Å². The average Bonchev–Trinajstić information content (AvgIpc) is 2.75. The number of hydrogen-bond donors (Lipinski definition) is 1. The molecule has 0 saturated carbocycles. The molecule has 2 N–H and O–H groups in total. The van der Waals surface area contributed by atoms with Crippen molar-refractivity contribution >= 4 is 6.09 Å². The molecule has 0 spiro atoms. The Morgan fingerprint density at radius 2 is 1.88 bits per heavy atom. The molecule has 5 nitrogen and oxygen atoms in total. The monoisotopic (exact) mass is 354 g/mol. The van der Waals surface area contributed by atoms with Crippen LogP contribution >= 0.6 is 0 Å². The van der Waals surface area contributed by atoms with Crippen LogP contribution in [-0.4, -0.2) is 16.7 Å². The lowest BCUT2D eigenvalue weighted by atomic mass is 9.87. The van der Waals surface area contributed by atoms with Crippen LogP contribution < -0.4 is 10.5 Å². The molecule has 1 amide bonds. The number of fused-ring (bicyclic) bond motifs is 1. The second-order valence-electron chi connectivity index (χ2n) is 8.49. The van der Waals surface area contributed by atoms with Gasteiger partial charge in [0, 0.05) is 17.7 Å². The Bertz CT molecular complexity index is 837. The summed E-state index contributed by atoms with van der Waals surface area (Å²) >= 11 is 0. The minimum absolute atomic E-state index is 0.186. The van der Waals surface area contributed by atoms with Crippen molar-refractivity contribution in [3.05, 3.63) is 47.7 Å². The van der Waals surface area contributed by atoms with Gasteiger partial charge in [0.05, 0.1) is 0 Å². The number of aromatic nitrogens is 1. The number of carbonyl (C=O) groups is 1. The lowest BCUT2D eigenvalue weighted by molar-refractivity contribution is 0.0392. The molecule has 2 aromatic rings. The van der Waals surface area contributed by atoms with E-state index in [0.29, 0.717) is 5.88 Å². The van der Waals surface area contributed by atoms with E-state index in [1.54, 1.807) is 6.20 Å². The van der Waals surface area contributed by atoms with Crippen LogP contribution in [-0.2, 0) is 11.2 Å². The third-order valence-electron chi connectivity index (χ3n) is 4.49. The molecular weight excluding hydrogens is 328 g/mol. The van der Waals surface area contributed by atoms with Crippen LogP contribution in [0.4, 0.5) is 4.79 Å². The van der Waals surface area contributed by atoms with E-state index < -0.39 is 6.09 Å². The summed E-state index contributed by atoms with van der Waals surface area (Å²) in [5.41, 5.74) is 9.10. The van der Waals surface area contributed by atoms with Gasteiger partial charge in [-0.05, 0) is 55.5 Å². The van der Waals surface area contributed by atoms with Crippen LogP contribution in [0.15, 0.2) is 36.5 Å².